The minimum Gasteiger partial charge on any atom is -0.358 e. The van der Waals surface area contributed by atoms with Crippen LogP contribution in [0.3, 0.4) is 0 Å². The number of rotatable bonds is 8. The molecule has 4 rings (SSSR count). The van der Waals surface area contributed by atoms with E-state index in [-0.39, 0.29) is 29.6 Å². The van der Waals surface area contributed by atoms with Crippen LogP contribution in [-0.2, 0) is 15.9 Å². The number of nitrogens with zero attached hydrogens (tertiary/aromatic N) is 2. The number of nitrogens with one attached hydrogen (secondary N) is 5. The Kier molecular flexibility index (Phi) is 8.81. The van der Waals surface area contributed by atoms with E-state index in [0.29, 0.717) is 34.3 Å². The molecule has 0 bridgehead atoms. The molecule has 0 spiro atoms. The van der Waals surface area contributed by atoms with E-state index in [0.717, 1.165) is 6.07 Å². The van der Waals surface area contributed by atoms with Gasteiger partial charge in [-0.2, -0.15) is 18.2 Å². The number of terminal acetylenes is 1. The summed E-state index contributed by atoms with van der Waals surface area (Å²) in [5.41, 5.74) is -1.18. The predicted octanol–water partition coefficient (Wildman–Crippen LogP) is 6.91. The van der Waals surface area contributed by atoms with Gasteiger partial charge in [0.15, 0.2) is 0 Å². The summed E-state index contributed by atoms with van der Waals surface area (Å²) in [6.45, 7) is 0.0596. The molecule has 15 heteroatoms. The van der Waals surface area contributed by atoms with Gasteiger partial charge in [0.25, 0.3) is 0 Å². The molecule has 1 unspecified atom stereocenters. The zero-order chi connectivity index (χ0) is 31.4. The Labute approximate surface area is 242 Å². The maximum absolute atomic E-state index is 15.0. The van der Waals surface area contributed by atoms with E-state index < -0.39 is 44.8 Å². The molecule has 0 saturated carbocycles. The van der Waals surface area contributed by atoms with Crippen LogP contribution in [0, 0.1) is 28.8 Å². The Bertz CT molecular complexity index is 1840. The number of alkyl halides is 3. The van der Waals surface area contributed by atoms with Crippen molar-refractivity contribution in [2.75, 3.05) is 34.1 Å². The first kappa shape index (κ1) is 30.7. The summed E-state index contributed by atoms with van der Waals surface area (Å²) in [5.74, 6) is 0.714. The topological polar surface area (TPSA) is 132 Å². The summed E-state index contributed by atoms with van der Waals surface area (Å²) in [4.78, 5) is 21.3. The van der Waals surface area contributed by atoms with Crippen molar-refractivity contribution in [3.05, 3.63) is 84.1 Å². The molecule has 0 aliphatic rings. The number of hydrogen-bond acceptors (Lipinski definition) is 7. The highest BCUT2D eigenvalue weighted by molar-refractivity contribution is 7.91. The van der Waals surface area contributed by atoms with Crippen LogP contribution < -0.4 is 21.3 Å². The Hall–Kier alpha value is -5.23. The molecular formula is C28H22F5N7O2S. The normalized spacial score (nSPS) is 12.5. The van der Waals surface area contributed by atoms with Crippen LogP contribution in [0.15, 0.2) is 71.8 Å². The first-order chi connectivity index (χ1) is 20.2. The van der Waals surface area contributed by atoms with E-state index in [1.807, 2.05) is 5.32 Å². The van der Waals surface area contributed by atoms with Crippen LogP contribution in [-0.4, -0.2) is 33.0 Å². The number of urea groups is 1. The van der Waals surface area contributed by atoms with E-state index in [1.165, 1.54) is 30.7 Å². The summed E-state index contributed by atoms with van der Waals surface area (Å²) in [5, 5.41) is 9.94. The molecule has 43 heavy (non-hydrogen) atoms. The summed E-state index contributed by atoms with van der Waals surface area (Å²) in [7, 11) is -2.96. The average molecular weight is 616 g/mol. The molecular weight excluding hydrogens is 593 g/mol. The summed E-state index contributed by atoms with van der Waals surface area (Å²) in [6.07, 6.45) is 3.28. The maximum Gasteiger partial charge on any atom is 0.416 e. The van der Waals surface area contributed by atoms with Gasteiger partial charge in [0.05, 0.1) is 33.2 Å². The zero-order valence-electron chi connectivity index (χ0n) is 22.1. The molecule has 3 aromatic carbocycles. The summed E-state index contributed by atoms with van der Waals surface area (Å²) >= 11 is 0. The van der Waals surface area contributed by atoms with Crippen molar-refractivity contribution < 1.29 is 31.0 Å². The first-order valence-electron chi connectivity index (χ1n) is 12.1. The lowest BCUT2D eigenvalue weighted by atomic mass is 10.1. The Morgan fingerprint density at radius 3 is 2.44 bits per heavy atom. The van der Waals surface area contributed by atoms with Crippen LogP contribution in [0.1, 0.15) is 5.56 Å². The second-order valence-corrected chi connectivity index (χ2v) is 11.1. The van der Waals surface area contributed by atoms with Gasteiger partial charge in [-0.3, -0.25) is 0 Å². The van der Waals surface area contributed by atoms with Crippen LogP contribution in [0.5, 0.6) is 0 Å². The van der Waals surface area contributed by atoms with Gasteiger partial charge in [0, 0.05) is 28.6 Å². The van der Waals surface area contributed by atoms with Crippen molar-refractivity contribution in [1.82, 2.24) is 9.97 Å². The zero-order valence-corrected chi connectivity index (χ0v) is 23.0. The van der Waals surface area contributed by atoms with E-state index in [2.05, 4.69) is 31.8 Å². The monoisotopic (exact) mass is 615 g/mol. The van der Waals surface area contributed by atoms with Gasteiger partial charge in [-0.1, -0.05) is 18.1 Å². The van der Waals surface area contributed by atoms with Gasteiger partial charge in [-0.05, 0) is 54.1 Å². The minimum absolute atomic E-state index is 0.0596. The molecule has 222 valence electrons. The fraction of sp³-hybridized carbons (Fsp3) is 0.107. The maximum atomic E-state index is 15.0. The number of aromatic nitrogens is 2. The van der Waals surface area contributed by atoms with Crippen LogP contribution in [0.4, 0.5) is 55.6 Å². The average Bonchev–Trinajstić information content (AvgIpc) is 2.93. The highest BCUT2D eigenvalue weighted by Gasteiger charge is 2.31. The molecule has 0 aliphatic carbocycles. The number of amides is 2. The summed E-state index contributed by atoms with van der Waals surface area (Å²) in [6, 6.07) is 10.4. The predicted molar refractivity (Wildman–Crippen MR) is 154 cm³/mol. The largest absolute Gasteiger partial charge is 0.416 e. The van der Waals surface area contributed by atoms with E-state index in [9.17, 15) is 26.6 Å². The van der Waals surface area contributed by atoms with Gasteiger partial charge < -0.3 is 21.3 Å². The van der Waals surface area contributed by atoms with Crippen molar-refractivity contribution in [1.29, 1.82) is 4.78 Å². The van der Waals surface area contributed by atoms with Gasteiger partial charge in [0.2, 0.25) is 5.95 Å². The molecule has 0 aliphatic heterocycles. The number of hydrogen-bond donors (Lipinski definition) is 5. The third-order valence-electron chi connectivity index (χ3n) is 5.76. The van der Waals surface area contributed by atoms with Crippen LogP contribution in [0.2, 0.25) is 0 Å². The summed E-state index contributed by atoms with van der Waals surface area (Å²) < 4.78 is 87.7. The van der Waals surface area contributed by atoms with Crippen molar-refractivity contribution in [3.8, 4) is 23.5 Å². The lowest BCUT2D eigenvalue weighted by molar-refractivity contribution is -0.137. The number of carbonyl (C=O) groups excluding carboxylic acids is 1. The standard InChI is InChI=1S/C28H22F5N7O2S/c1-3-11-35-25-20(15-36-26(40-25)37-18-5-4-6-19(14-18)43(2,34)42)16-7-10-23(22(30)12-16)38-27(41)39-24-13-17(28(31,32)33)8-9-21(24)29/h1,4-10,12-15,34H,11H2,2H3,(H2,38,39,41)(H2,35,36,37,40). The molecule has 4 aromatic rings. The first-order valence-corrected chi connectivity index (χ1v) is 14.1. The second-order valence-electron chi connectivity index (χ2n) is 8.98. The molecule has 1 atom stereocenters. The Morgan fingerprint density at radius 1 is 1.02 bits per heavy atom. The van der Waals surface area contributed by atoms with Gasteiger partial charge in [0.1, 0.15) is 17.5 Å². The Balaban J connectivity index is 1.55. The van der Waals surface area contributed by atoms with E-state index >= 15 is 4.39 Å². The van der Waals surface area contributed by atoms with Crippen LogP contribution >= 0.6 is 0 Å². The van der Waals surface area contributed by atoms with Crippen molar-refractivity contribution in [3.63, 3.8) is 0 Å². The van der Waals surface area contributed by atoms with Crippen LogP contribution in [0.25, 0.3) is 11.1 Å². The lowest BCUT2D eigenvalue weighted by Gasteiger charge is -2.14. The highest BCUT2D eigenvalue weighted by atomic mass is 32.2. The fourth-order valence-electron chi connectivity index (χ4n) is 3.73. The molecule has 2 amide bonds. The minimum atomic E-state index is -4.76. The number of anilines is 5. The van der Waals surface area contributed by atoms with E-state index in [4.69, 9.17) is 11.2 Å². The quantitative estimate of drug-likeness (QED) is 0.108. The SMILES string of the molecule is C#CCNc1nc(Nc2cccc(S(C)(=N)=O)c2)ncc1-c1ccc(NC(=O)Nc2cc(C(F)(F)F)ccc2F)c(F)c1. The van der Waals surface area contributed by atoms with Gasteiger partial charge in [-0.25, -0.2) is 27.5 Å². The molecule has 1 heterocycles. The van der Waals surface area contributed by atoms with Crippen molar-refractivity contribution in [2.24, 2.45) is 0 Å². The second kappa shape index (κ2) is 12.3. The van der Waals surface area contributed by atoms with Crippen molar-refractivity contribution in [2.45, 2.75) is 11.1 Å². The third-order valence-corrected chi connectivity index (χ3v) is 6.91. The number of carbonyl (C=O) groups is 1. The number of halogens is 5. The molecule has 5 N–H and O–H groups in total. The van der Waals surface area contributed by atoms with Crippen molar-refractivity contribution >= 4 is 44.6 Å². The smallest absolute Gasteiger partial charge is 0.358 e. The number of benzene rings is 3. The van der Waals surface area contributed by atoms with E-state index in [1.54, 1.807) is 18.2 Å². The molecule has 0 fully saturated rings. The van der Waals surface area contributed by atoms with Gasteiger partial charge >= 0.3 is 12.2 Å². The lowest BCUT2D eigenvalue weighted by Crippen LogP contribution is -2.21. The molecule has 0 radical (unpaired) electrons. The highest BCUT2D eigenvalue weighted by Crippen LogP contribution is 2.33. The molecule has 9 nitrogen and oxygen atoms in total. The Morgan fingerprint density at radius 2 is 1.77 bits per heavy atom. The van der Waals surface area contributed by atoms with Gasteiger partial charge in [-0.15, -0.1) is 6.42 Å². The molecule has 1 aromatic heterocycles. The third kappa shape index (κ3) is 7.74. The fourth-order valence-corrected chi connectivity index (χ4v) is 4.42. The molecule has 0 saturated heterocycles.